The Hall–Kier alpha value is -1.82. The third-order valence-corrected chi connectivity index (χ3v) is 5.10. The second-order valence-corrected chi connectivity index (χ2v) is 6.25. The fourth-order valence-corrected chi connectivity index (χ4v) is 3.86. The third kappa shape index (κ3) is 2.20. The van der Waals surface area contributed by atoms with E-state index in [-0.39, 0.29) is 5.91 Å². The number of thiophene rings is 1. The lowest BCUT2D eigenvalue weighted by molar-refractivity contribution is 0.103. The smallest absolute Gasteiger partial charge is 0.269 e. The van der Waals surface area contributed by atoms with E-state index in [0.29, 0.717) is 21.1 Å². The number of nitrogens with one attached hydrogen (secondary N) is 2. The van der Waals surface area contributed by atoms with E-state index in [4.69, 9.17) is 0 Å². The molecule has 0 unspecified atom stereocenters. The molecule has 0 saturated carbocycles. The number of nitriles is 1. The lowest BCUT2D eigenvalue weighted by Gasteiger charge is -2.11. The van der Waals surface area contributed by atoms with Gasteiger partial charge in [0, 0.05) is 11.4 Å². The first-order valence-electron chi connectivity index (χ1n) is 6.06. The summed E-state index contributed by atoms with van der Waals surface area (Å²) >= 11 is 2.53. The van der Waals surface area contributed by atoms with Gasteiger partial charge in [-0.15, -0.1) is 16.4 Å². The number of amides is 1. The minimum Gasteiger partial charge on any atom is -0.312 e. The Bertz CT molecular complexity index is 712. The number of aromatic nitrogens is 2. The minimum atomic E-state index is -0.249. The zero-order valence-electron chi connectivity index (χ0n) is 10.7. The van der Waals surface area contributed by atoms with Crippen LogP contribution < -0.4 is 10.6 Å². The fourth-order valence-electron chi connectivity index (χ4n) is 2.14. The van der Waals surface area contributed by atoms with Crippen molar-refractivity contribution in [2.75, 3.05) is 11.9 Å². The van der Waals surface area contributed by atoms with Crippen molar-refractivity contribution in [3.63, 3.8) is 0 Å². The van der Waals surface area contributed by atoms with Crippen LogP contribution in [0.25, 0.3) is 0 Å². The van der Waals surface area contributed by atoms with Crippen LogP contribution in [-0.4, -0.2) is 22.0 Å². The lowest BCUT2D eigenvalue weighted by Crippen LogP contribution is -2.22. The average Bonchev–Trinajstić information content (AvgIpc) is 3.01. The molecule has 0 saturated heterocycles. The van der Waals surface area contributed by atoms with Crippen molar-refractivity contribution >= 4 is 33.8 Å². The number of rotatable bonds is 2. The van der Waals surface area contributed by atoms with Crippen LogP contribution in [-0.2, 0) is 13.0 Å². The van der Waals surface area contributed by atoms with Gasteiger partial charge in [0.15, 0.2) is 0 Å². The predicted molar refractivity (Wildman–Crippen MR) is 77.0 cm³/mol. The fraction of sp³-hybridized carbons (Fsp3) is 0.333. The van der Waals surface area contributed by atoms with Crippen molar-refractivity contribution in [2.45, 2.75) is 19.9 Å². The maximum absolute atomic E-state index is 12.2. The summed E-state index contributed by atoms with van der Waals surface area (Å²) in [4.78, 5) is 13.8. The molecule has 6 nitrogen and oxygen atoms in total. The number of nitrogens with zero attached hydrogens (tertiary/aromatic N) is 3. The Labute approximate surface area is 123 Å². The van der Waals surface area contributed by atoms with Crippen LogP contribution in [0.1, 0.15) is 31.4 Å². The molecule has 1 aliphatic rings. The van der Waals surface area contributed by atoms with E-state index >= 15 is 0 Å². The summed E-state index contributed by atoms with van der Waals surface area (Å²) in [6, 6.07) is 2.21. The van der Waals surface area contributed by atoms with Crippen LogP contribution in [0.15, 0.2) is 0 Å². The van der Waals surface area contributed by atoms with Crippen LogP contribution in [0, 0.1) is 18.3 Å². The van der Waals surface area contributed by atoms with Gasteiger partial charge >= 0.3 is 0 Å². The molecule has 0 fully saturated rings. The van der Waals surface area contributed by atoms with Crippen molar-refractivity contribution in [2.24, 2.45) is 0 Å². The Kier molecular flexibility index (Phi) is 3.48. The molecule has 2 aromatic rings. The van der Waals surface area contributed by atoms with E-state index < -0.39 is 0 Å². The van der Waals surface area contributed by atoms with Crippen LogP contribution in [0.5, 0.6) is 0 Å². The van der Waals surface area contributed by atoms with Gasteiger partial charge < -0.3 is 10.6 Å². The molecule has 8 heteroatoms. The number of carbonyl (C=O) groups excluding carboxylic acids is 1. The molecule has 2 aromatic heterocycles. The van der Waals surface area contributed by atoms with Gasteiger partial charge in [-0.1, -0.05) is 4.49 Å². The predicted octanol–water partition coefficient (Wildman–Crippen LogP) is 1.68. The molecular weight excluding hydrogens is 294 g/mol. The van der Waals surface area contributed by atoms with Crippen molar-refractivity contribution in [1.29, 1.82) is 5.26 Å². The monoisotopic (exact) mass is 305 g/mol. The molecule has 0 aliphatic carbocycles. The van der Waals surface area contributed by atoms with E-state index in [0.717, 1.165) is 41.5 Å². The highest BCUT2D eigenvalue weighted by atomic mass is 32.1. The van der Waals surface area contributed by atoms with Crippen LogP contribution >= 0.6 is 22.9 Å². The molecule has 0 atom stereocenters. The van der Waals surface area contributed by atoms with Gasteiger partial charge in [0.05, 0.1) is 11.3 Å². The molecular formula is C12H11N5OS2. The zero-order chi connectivity index (χ0) is 14.1. The first kappa shape index (κ1) is 13.2. The van der Waals surface area contributed by atoms with Crippen LogP contribution in [0.2, 0.25) is 0 Å². The topological polar surface area (TPSA) is 90.7 Å². The number of hydrogen-bond acceptors (Lipinski definition) is 7. The minimum absolute atomic E-state index is 0.249. The molecule has 0 spiro atoms. The quantitative estimate of drug-likeness (QED) is 0.881. The lowest BCUT2D eigenvalue weighted by atomic mass is 10.1. The first-order chi connectivity index (χ1) is 9.70. The zero-order valence-corrected chi connectivity index (χ0v) is 12.3. The van der Waals surface area contributed by atoms with Gasteiger partial charge in [-0.05, 0) is 37.0 Å². The molecule has 102 valence electrons. The normalized spacial score (nSPS) is 13.6. The molecule has 20 heavy (non-hydrogen) atoms. The third-order valence-electron chi connectivity index (χ3n) is 3.12. The van der Waals surface area contributed by atoms with Gasteiger partial charge in [0.2, 0.25) is 0 Å². The molecule has 2 N–H and O–H groups in total. The highest BCUT2D eigenvalue weighted by Crippen LogP contribution is 2.35. The summed E-state index contributed by atoms with van der Waals surface area (Å²) < 4.78 is 3.75. The van der Waals surface area contributed by atoms with E-state index in [9.17, 15) is 10.1 Å². The summed E-state index contributed by atoms with van der Waals surface area (Å²) in [5, 5.41) is 19.9. The Balaban J connectivity index is 1.92. The molecule has 1 aliphatic heterocycles. The largest absolute Gasteiger partial charge is 0.312 e. The summed E-state index contributed by atoms with van der Waals surface area (Å²) in [5.74, 6) is -0.249. The SMILES string of the molecule is Cc1nnsc1C(=O)Nc1sc2c(c1C#N)CCNC2. The Morgan fingerprint density at radius 1 is 1.55 bits per heavy atom. The summed E-state index contributed by atoms with van der Waals surface area (Å²) in [6.07, 6.45) is 0.825. The highest BCUT2D eigenvalue weighted by molar-refractivity contribution is 7.17. The molecule has 0 bridgehead atoms. The number of anilines is 1. The maximum atomic E-state index is 12.2. The Morgan fingerprint density at radius 3 is 3.10 bits per heavy atom. The summed E-state index contributed by atoms with van der Waals surface area (Å²) in [6.45, 7) is 3.36. The number of hydrogen-bond donors (Lipinski definition) is 2. The van der Waals surface area contributed by atoms with Gasteiger partial charge in [0.1, 0.15) is 15.9 Å². The van der Waals surface area contributed by atoms with Crippen molar-refractivity contribution in [3.8, 4) is 6.07 Å². The average molecular weight is 305 g/mol. The molecule has 0 aromatic carbocycles. The second kappa shape index (κ2) is 5.28. The van der Waals surface area contributed by atoms with Gasteiger partial charge in [0.25, 0.3) is 5.91 Å². The van der Waals surface area contributed by atoms with Crippen LogP contribution in [0.3, 0.4) is 0 Å². The van der Waals surface area contributed by atoms with E-state index in [1.54, 1.807) is 6.92 Å². The van der Waals surface area contributed by atoms with Gasteiger partial charge in [-0.25, -0.2) is 0 Å². The highest BCUT2D eigenvalue weighted by Gasteiger charge is 2.23. The van der Waals surface area contributed by atoms with E-state index in [1.165, 1.54) is 11.3 Å². The maximum Gasteiger partial charge on any atom is 0.269 e. The molecule has 1 amide bonds. The van der Waals surface area contributed by atoms with Gasteiger partial charge in [-0.3, -0.25) is 4.79 Å². The molecule has 3 heterocycles. The van der Waals surface area contributed by atoms with E-state index in [1.807, 2.05) is 0 Å². The second-order valence-electron chi connectivity index (χ2n) is 4.39. The van der Waals surface area contributed by atoms with Crippen molar-refractivity contribution < 1.29 is 4.79 Å². The van der Waals surface area contributed by atoms with Crippen molar-refractivity contribution in [1.82, 2.24) is 14.9 Å². The molecule has 0 radical (unpaired) electrons. The number of carbonyl (C=O) groups is 1. The van der Waals surface area contributed by atoms with Crippen molar-refractivity contribution in [3.05, 3.63) is 26.6 Å². The molecule has 3 rings (SSSR count). The summed E-state index contributed by atoms with van der Waals surface area (Å²) in [7, 11) is 0. The van der Waals surface area contributed by atoms with Crippen LogP contribution in [0.4, 0.5) is 5.00 Å². The Morgan fingerprint density at radius 2 is 2.40 bits per heavy atom. The van der Waals surface area contributed by atoms with E-state index in [2.05, 4.69) is 26.3 Å². The van der Waals surface area contributed by atoms with Gasteiger partial charge in [-0.2, -0.15) is 5.26 Å². The first-order valence-corrected chi connectivity index (χ1v) is 7.65. The number of fused-ring (bicyclic) bond motifs is 1. The standard InChI is InChI=1S/C12H11N5OS2/c1-6-10(20-17-16-6)11(18)15-12-8(4-13)7-2-3-14-5-9(7)19-12/h14H,2-3,5H2,1H3,(H,15,18). The summed E-state index contributed by atoms with van der Waals surface area (Å²) in [5.41, 5.74) is 2.26. The number of aryl methyl sites for hydroxylation is 1.